The van der Waals surface area contributed by atoms with Crippen molar-refractivity contribution in [2.45, 2.75) is 50.6 Å². The van der Waals surface area contributed by atoms with Crippen molar-refractivity contribution in [1.29, 1.82) is 0 Å². The zero-order valence-corrected chi connectivity index (χ0v) is 11.6. The highest BCUT2D eigenvalue weighted by Crippen LogP contribution is 2.26. The van der Waals surface area contributed by atoms with Crippen molar-refractivity contribution in [2.75, 3.05) is 11.1 Å². The molecule has 1 aliphatic carbocycles. The molecule has 0 spiro atoms. The Kier molecular flexibility index (Phi) is 5.04. The van der Waals surface area contributed by atoms with Gasteiger partial charge in [0.05, 0.1) is 0 Å². The number of nitrogens with one attached hydrogen (secondary N) is 2. The summed E-state index contributed by atoms with van der Waals surface area (Å²) in [6.45, 7) is 2.04. The van der Waals surface area contributed by atoms with E-state index in [0.29, 0.717) is 23.4 Å². The molecule has 2 rings (SSSR count). The van der Waals surface area contributed by atoms with Crippen LogP contribution >= 0.6 is 11.8 Å². The van der Waals surface area contributed by atoms with Crippen LogP contribution in [0.25, 0.3) is 0 Å². The number of nitrogens with zero attached hydrogens (tertiary/aromatic N) is 2. The van der Waals surface area contributed by atoms with Gasteiger partial charge in [-0.2, -0.15) is 4.98 Å². The van der Waals surface area contributed by atoms with Gasteiger partial charge in [0.15, 0.2) is 0 Å². The quantitative estimate of drug-likeness (QED) is 0.806. The van der Waals surface area contributed by atoms with Gasteiger partial charge in [0.25, 0.3) is 0 Å². The molecule has 0 aliphatic heterocycles. The number of aromatic amines is 1. The fourth-order valence-corrected chi connectivity index (χ4v) is 2.86. The summed E-state index contributed by atoms with van der Waals surface area (Å²) in [7, 11) is 0. The average molecular weight is 268 g/mol. The molecule has 1 saturated carbocycles. The van der Waals surface area contributed by atoms with Crippen molar-refractivity contribution < 1.29 is 4.79 Å². The standard InChI is InChI=1S/C12H20N4OS/c1-2-18-12-14-11(15-16-12)13-10(17)8-9-6-4-3-5-7-9/h9H,2-8H2,1H3,(H2,13,14,15,16,17). The monoisotopic (exact) mass is 268 g/mol. The maximum absolute atomic E-state index is 11.8. The number of H-pyrrole nitrogens is 1. The van der Waals surface area contributed by atoms with E-state index in [-0.39, 0.29) is 5.91 Å². The molecule has 18 heavy (non-hydrogen) atoms. The minimum atomic E-state index is 0.0473. The van der Waals surface area contributed by atoms with Crippen molar-refractivity contribution in [2.24, 2.45) is 5.92 Å². The molecule has 1 aromatic heterocycles. The number of rotatable bonds is 5. The second-order valence-electron chi connectivity index (χ2n) is 4.66. The van der Waals surface area contributed by atoms with Crippen LogP contribution < -0.4 is 5.32 Å². The van der Waals surface area contributed by atoms with E-state index >= 15 is 0 Å². The van der Waals surface area contributed by atoms with E-state index in [9.17, 15) is 4.79 Å². The lowest BCUT2D eigenvalue weighted by molar-refractivity contribution is -0.117. The van der Waals surface area contributed by atoms with Gasteiger partial charge in [-0.1, -0.05) is 37.9 Å². The lowest BCUT2D eigenvalue weighted by atomic mass is 9.87. The Morgan fingerprint density at radius 1 is 1.44 bits per heavy atom. The Hall–Kier alpha value is -1.04. The van der Waals surface area contributed by atoms with Crippen molar-refractivity contribution in [3.8, 4) is 0 Å². The zero-order valence-electron chi connectivity index (χ0n) is 10.7. The molecule has 1 amide bonds. The predicted octanol–water partition coefficient (Wildman–Crippen LogP) is 2.83. The summed E-state index contributed by atoms with van der Waals surface area (Å²) in [5.74, 6) is 1.98. The molecule has 2 N–H and O–H groups in total. The Morgan fingerprint density at radius 2 is 2.22 bits per heavy atom. The summed E-state index contributed by atoms with van der Waals surface area (Å²) in [5.41, 5.74) is 0. The van der Waals surface area contributed by atoms with Gasteiger partial charge < -0.3 is 0 Å². The average Bonchev–Trinajstić information content (AvgIpc) is 2.78. The minimum Gasteiger partial charge on any atom is -0.295 e. The third-order valence-electron chi connectivity index (χ3n) is 3.19. The molecule has 1 aliphatic rings. The van der Waals surface area contributed by atoms with Crippen LogP contribution in [0.4, 0.5) is 5.95 Å². The molecule has 5 nitrogen and oxygen atoms in total. The van der Waals surface area contributed by atoms with Gasteiger partial charge in [0, 0.05) is 6.42 Å². The van der Waals surface area contributed by atoms with Gasteiger partial charge in [-0.3, -0.25) is 10.1 Å². The van der Waals surface area contributed by atoms with Crippen LogP contribution in [0.2, 0.25) is 0 Å². The second-order valence-corrected chi connectivity index (χ2v) is 5.89. The summed E-state index contributed by atoms with van der Waals surface area (Å²) in [6.07, 6.45) is 6.81. The van der Waals surface area contributed by atoms with Crippen molar-refractivity contribution in [3.05, 3.63) is 0 Å². The fourth-order valence-electron chi connectivity index (χ4n) is 2.33. The van der Waals surface area contributed by atoms with Crippen molar-refractivity contribution in [1.82, 2.24) is 15.2 Å². The molecule has 0 aromatic carbocycles. The molecule has 0 bridgehead atoms. The number of aromatic nitrogens is 3. The normalized spacial score (nSPS) is 16.7. The zero-order chi connectivity index (χ0) is 12.8. The third-order valence-corrected chi connectivity index (χ3v) is 3.92. The highest BCUT2D eigenvalue weighted by molar-refractivity contribution is 7.99. The number of hydrogen-bond acceptors (Lipinski definition) is 4. The maximum atomic E-state index is 11.8. The van der Waals surface area contributed by atoms with E-state index in [1.165, 1.54) is 32.1 Å². The van der Waals surface area contributed by atoms with E-state index in [1.807, 2.05) is 6.92 Å². The molecule has 0 atom stereocenters. The molecule has 6 heteroatoms. The Morgan fingerprint density at radius 3 is 2.94 bits per heavy atom. The van der Waals surface area contributed by atoms with Gasteiger partial charge in [-0.15, -0.1) is 5.10 Å². The number of carbonyl (C=O) groups is 1. The Balaban J connectivity index is 1.78. The largest absolute Gasteiger partial charge is 0.295 e. The second kappa shape index (κ2) is 6.78. The predicted molar refractivity (Wildman–Crippen MR) is 72.6 cm³/mol. The lowest BCUT2D eigenvalue weighted by Gasteiger charge is -2.20. The summed E-state index contributed by atoms with van der Waals surface area (Å²) < 4.78 is 0. The maximum Gasteiger partial charge on any atom is 0.226 e. The van der Waals surface area contributed by atoms with Crippen LogP contribution in [0.5, 0.6) is 0 Å². The van der Waals surface area contributed by atoms with E-state index in [2.05, 4.69) is 20.5 Å². The van der Waals surface area contributed by atoms with Crippen molar-refractivity contribution in [3.63, 3.8) is 0 Å². The highest BCUT2D eigenvalue weighted by Gasteiger charge is 2.17. The first-order valence-electron chi connectivity index (χ1n) is 6.63. The third kappa shape index (κ3) is 4.01. The van der Waals surface area contributed by atoms with Gasteiger partial charge in [0.1, 0.15) is 0 Å². The lowest BCUT2D eigenvalue weighted by Crippen LogP contribution is -2.18. The van der Waals surface area contributed by atoms with E-state index in [4.69, 9.17) is 0 Å². The first kappa shape index (κ1) is 13.4. The summed E-state index contributed by atoms with van der Waals surface area (Å²) in [5, 5.41) is 10.2. The van der Waals surface area contributed by atoms with Crippen LogP contribution in [-0.4, -0.2) is 26.8 Å². The van der Waals surface area contributed by atoms with Crippen LogP contribution in [-0.2, 0) is 4.79 Å². The molecular formula is C12H20N4OS. The van der Waals surface area contributed by atoms with Crippen LogP contribution in [0.1, 0.15) is 45.4 Å². The Bertz CT molecular complexity index is 387. The number of anilines is 1. The Labute approximate surface area is 112 Å². The SMILES string of the molecule is CCSc1n[nH]c(NC(=O)CC2CCCCC2)n1. The van der Waals surface area contributed by atoms with Gasteiger partial charge in [0.2, 0.25) is 17.0 Å². The molecule has 0 radical (unpaired) electrons. The molecule has 100 valence electrons. The van der Waals surface area contributed by atoms with Crippen LogP contribution in [0, 0.1) is 5.92 Å². The number of hydrogen-bond donors (Lipinski definition) is 2. The molecule has 1 aromatic rings. The van der Waals surface area contributed by atoms with Crippen LogP contribution in [0.3, 0.4) is 0 Å². The molecule has 1 heterocycles. The number of thioether (sulfide) groups is 1. The molecule has 1 fully saturated rings. The summed E-state index contributed by atoms with van der Waals surface area (Å²) >= 11 is 1.55. The van der Waals surface area contributed by atoms with E-state index < -0.39 is 0 Å². The summed E-state index contributed by atoms with van der Waals surface area (Å²) in [6, 6.07) is 0. The molecule has 0 unspecified atom stereocenters. The first-order valence-corrected chi connectivity index (χ1v) is 7.61. The fraction of sp³-hybridized carbons (Fsp3) is 0.750. The number of carbonyl (C=O) groups excluding carboxylic acids is 1. The van der Waals surface area contributed by atoms with Crippen LogP contribution in [0.15, 0.2) is 5.16 Å². The molecular weight excluding hydrogens is 248 g/mol. The van der Waals surface area contributed by atoms with Gasteiger partial charge in [-0.25, -0.2) is 5.10 Å². The first-order chi connectivity index (χ1) is 8.78. The van der Waals surface area contributed by atoms with E-state index in [1.54, 1.807) is 11.8 Å². The van der Waals surface area contributed by atoms with Gasteiger partial charge >= 0.3 is 0 Å². The number of amides is 1. The smallest absolute Gasteiger partial charge is 0.226 e. The van der Waals surface area contributed by atoms with E-state index in [0.717, 1.165) is 5.75 Å². The highest BCUT2D eigenvalue weighted by atomic mass is 32.2. The topological polar surface area (TPSA) is 70.7 Å². The summed E-state index contributed by atoms with van der Waals surface area (Å²) in [4.78, 5) is 16.0. The van der Waals surface area contributed by atoms with Gasteiger partial charge in [-0.05, 0) is 24.5 Å². The van der Waals surface area contributed by atoms with Crippen molar-refractivity contribution >= 4 is 23.6 Å². The molecule has 0 saturated heterocycles. The minimum absolute atomic E-state index is 0.0473.